The van der Waals surface area contributed by atoms with Gasteiger partial charge in [0.25, 0.3) is 5.91 Å². The van der Waals surface area contributed by atoms with E-state index in [4.69, 9.17) is 89.4 Å². The lowest BCUT2D eigenvalue weighted by molar-refractivity contribution is 0.0937. The predicted molar refractivity (Wildman–Crippen MR) is 590 cm³/mol. The summed E-state index contributed by atoms with van der Waals surface area (Å²) < 4.78 is 94.9. The number of pyridine rings is 1. The molecule has 147 heavy (non-hydrogen) atoms. The molecule has 5 aromatic heterocycles. The number of hydrogen-bond acceptors (Lipinski definition) is 11. The maximum Gasteiger partial charge on any atom is 0.251 e. The van der Waals surface area contributed by atoms with Crippen molar-refractivity contribution in [2.24, 2.45) is 16.5 Å². The molecule has 16 aromatic rings. The number of halogens is 11. The van der Waals surface area contributed by atoms with Gasteiger partial charge in [-0.2, -0.15) is 0 Å². The second kappa shape index (κ2) is 46.8. The van der Waals surface area contributed by atoms with E-state index in [0.29, 0.717) is 46.0 Å². The maximum atomic E-state index is 15.4. The number of nitrogens with one attached hydrogen (secondary N) is 1. The van der Waals surface area contributed by atoms with Crippen LogP contribution >= 0.6 is 105 Å². The minimum atomic E-state index is -0.825. The molecule has 0 aliphatic heterocycles. The number of guanidine groups is 1. The molecule has 0 radical (unpaired) electrons. The number of nitrogens with zero attached hydrogens (tertiary/aromatic N) is 10. The number of carbonyl (C=O) groups is 1. The van der Waals surface area contributed by atoms with E-state index in [1.165, 1.54) is 99.5 Å². The van der Waals surface area contributed by atoms with E-state index < -0.39 is 23.0 Å². The van der Waals surface area contributed by atoms with Crippen molar-refractivity contribution in [2.45, 2.75) is 224 Å². The summed E-state index contributed by atoms with van der Waals surface area (Å²) in [5, 5.41) is 9.71. The molecule has 4 aliphatic rings. The summed E-state index contributed by atoms with van der Waals surface area (Å²) >= 11 is 38.0. The number of benzene rings is 11. The van der Waals surface area contributed by atoms with Crippen molar-refractivity contribution in [2.75, 3.05) is 6.54 Å². The van der Waals surface area contributed by atoms with Crippen molar-refractivity contribution < 1.29 is 31.1 Å². The first-order valence-electron chi connectivity index (χ1n) is 49.3. The maximum absolute atomic E-state index is 15.4. The lowest BCUT2D eigenvalue weighted by atomic mass is 9.71. The number of hydrogen-bond donors (Lipinski definition) is 3. The number of imidazole rings is 4. The molecule has 29 heteroatoms. The van der Waals surface area contributed by atoms with Crippen LogP contribution in [0.15, 0.2) is 287 Å². The molecule has 4 aliphatic carbocycles. The number of thioether (sulfide) groups is 4. The lowest BCUT2D eigenvalue weighted by Crippen LogP contribution is -2.33. The van der Waals surface area contributed by atoms with Crippen molar-refractivity contribution in [1.29, 1.82) is 0 Å². The Balaban J connectivity index is 0.000000135. The van der Waals surface area contributed by atoms with Gasteiger partial charge in [0.1, 0.15) is 34.9 Å². The Hall–Kier alpha value is -11.4. The zero-order chi connectivity index (χ0) is 104. The lowest BCUT2D eigenvalue weighted by Gasteiger charge is -2.36. The van der Waals surface area contributed by atoms with Gasteiger partial charge in [-0.25, -0.2) is 46.3 Å². The van der Waals surface area contributed by atoms with Crippen LogP contribution in [0.25, 0.3) is 22.7 Å². The van der Waals surface area contributed by atoms with Crippen LogP contribution in [0.3, 0.4) is 0 Å². The molecule has 1 amide bonds. The number of nitrogens with two attached hydrogens (primary N) is 2. The summed E-state index contributed by atoms with van der Waals surface area (Å²) in [4.78, 5) is 41.5. The van der Waals surface area contributed by atoms with E-state index in [2.05, 4.69) is 162 Å². The average molecular weight is 2150 g/mol. The molecule has 5 atom stereocenters. The third kappa shape index (κ3) is 23.9. The van der Waals surface area contributed by atoms with E-state index in [1.54, 1.807) is 60.5 Å². The standard InChI is InChI=1S/C35H38ClF3N6OS.2C28H26ClFN2S.C27H24Cl2FN3S/c1-20-16-23(8-13-27(20)36)35(3)14-4-7-30-31(35)45(25-11-9-24(37)10-12-25)34(44-30)47-19-26-28(38)17-22(18-29(26)39)32(46)43-21(2)6-5-15-42-33(40)41;2*1-19-17-21(10-15-24(19)29)28(2)16-6-9-25-26(28)32(23-13-11-22(30)12-14-23)27(31-25)33-18-20-7-4-3-5-8-20;1-17-15-18(7-12-21(17)28)27(2)13-3-6-23-25(27)33(20-10-8-19(30)9-11-20)26(32-23)34-16-24-22(29)5-4-14-31-24/h8-13,16-18,21H,4-7,14-15,19H2,1-3H3,(H,43,46)(H4,40,41,42);2*3-5,7-8,10-15,17H,6,9,16,18H2,1-2H3;4-5,7-12,14-15H,3,6,13,16H2,1-2H3/t21-,35?;;;/m1.../s1. The van der Waals surface area contributed by atoms with Gasteiger partial charge >= 0.3 is 0 Å². The molecular weight excluding hydrogens is 2030 g/mol. The molecule has 4 unspecified atom stereocenters. The fourth-order valence-electron chi connectivity index (χ4n) is 20.5. The van der Waals surface area contributed by atoms with E-state index in [1.807, 2.05) is 109 Å². The highest BCUT2D eigenvalue weighted by molar-refractivity contribution is 7.99. The van der Waals surface area contributed by atoms with Crippen LogP contribution < -0.4 is 16.8 Å². The largest absolute Gasteiger partial charge is 0.370 e. The summed E-state index contributed by atoms with van der Waals surface area (Å²) in [6, 6.07) is 77.6. The average Bonchev–Trinajstić information content (AvgIpc) is 1.62. The Morgan fingerprint density at radius 3 is 1.00 bits per heavy atom. The third-order valence-corrected chi connectivity index (χ3v) is 34.4. The van der Waals surface area contributed by atoms with Crippen LogP contribution in [0.2, 0.25) is 25.1 Å². The highest BCUT2D eigenvalue weighted by Crippen LogP contribution is 2.52. The first-order chi connectivity index (χ1) is 70.6. The molecule has 0 spiro atoms. The number of aryl methyl sites for hydroxylation is 8. The smallest absolute Gasteiger partial charge is 0.251 e. The van der Waals surface area contributed by atoms with Crippen LogP contribution in [-0.2, 0) is 70.4 Å². The zero-order valence-electron chi connectivity index (χ0n) is 83.2. The van der Waals surface area contributed by atoms with Crippen LogP contribution in [0.5, 0.6) is 0 Å². The van der Waals surface area contributed by atoms with Gasteiger partial charge < -0.3 is 16.8 Å². The first-order valence-corrected chi connectivity index (χ1v) is 55.1. The van der Waals surface area contributed by atoms with E-state index in [0.717, 1.165) is 216 Å². The number of aliphatic imine (C=N–C) groups is 1. The molecule has 11 aromatic carbocycles. The minimum Gasteiger partial charge on any atom is -0.370 e. The Labute approximate surface area is 897 Å². The summed E-state index contributed by atoms with van der Waals surface area (Å²) in [5.41, 5.74) is 33.8. The van der Waals surface area contributed by atoms with Crippen LogP contribution in [0.1, 0.15) is 222 Å². The monoisotopic (exact) mass is 2150 g/mol. The van der Waals surface area contributed by atoms with Crippen molar-refractivity contribution in [3.05, 3.63) is 439 Å². The molecule has 758 valence electrons. The summed E-state index contributed by atoms with van der Waals surface area (Å²) in [7, 11) is 0. The molecule has 0 bridgehead atoms. The zero-order valence-corrected chi connectivity index (χ0v) is 90.2. The van der Waals surface area contributed by atoms with Gasteiger partial charge in [0.2, 0.25) is 0 Å². The predicted octanol–water partition coefficient (Wildman–Crippen LogP) is 31.1. The minimum absolute atomic E-state index is 0.00333. The second-order valence-electron chi connectivity index (χ2n) is 38.9. The molecule has 20 rings (SSSR count). The molecule has 0 saturated heterocycles. The van der Waals surface area contributed by atoms with Gasteiger partial charge in [-0.05, 0) is 353 Å². The van der Waals surface area contributed by atoms with Crippen LogP contribution in [-0.4, -0.2) is 67.6 Å². The van der Waals surface area contributed by atoms with Crippen molar-refractivity contribution in [1.82, 2.24) is 48.5 Å². The Kier molecular flexibility index (Phi) is 34.0. The fourth-order valence-corrected chi connectivity index (χ4v) is 25.3. The Bertz CT molecular complexity index is 7250. The molecular formula is C118H114Cl5F6N13OS4. The van der Waals surface area contributed by atoms with Gasteiger partial charge in [-0.15, -0.1) is 0 Å². The summed E-state index contributed by atoms with van der Waals surface area (Å²) in [6.45, 7) is 19.4. The Morgan fingerprint density at radius 1 is 0.395 bits per heavy atom. The SMILES string of the molecule is Cc1cc(C2(C)CCCc3nc(SCc4c(F)cc(C(=O)N[C@H](C)CCCN=C(N)N)cc4F)n(-c4ccc(F)cc4)c32)ccc1Cl.Cc1cc(C2(C)CCCc3nc(SCc4ccccc4)n(-c4ccc(F)cc4)c32)ccc1Cl.Cc1cc(C2(C)CCCc3nc(SCc4ccccc4)n(-c4ccc(F)cc4)c32)ccc1Cl.Cc1cc(C2(C)CCCc3nc(SCc4ncccc4Cl)n(-c4ccc(F)cc4)c32)ccc1Cl. The van der Waals surface area contributed by atoms with E-state index in [-0.39, 0.29) is 68.4 Å². The molecule has 14 nitrogen and oxygen atoms in total. The fraction of sp³-hybridized carbons (Fsp3) is 0.280. The van der Waals surface area contributed by atoms with E-state index >= 15 is 8.78 Å². The number of aromatic nitrogens is 9. The molecule has 0 saturated carbocycles. The summed E-state index contributed by atoms with van der Waals surface area (Å²) in [5.74, 6) is -1.16. The van der Waals surface area contributed by atoms with Gasteiger partial charge in [0.15, 0.2) is 26.6 Å². The quantitative estimate of drug-likeness (QED) is 0.0154. The second-order valence-corrected chi connectivity index (χ2v) is 44.7. The van der Waals surface area contributed by atoms with Gasteiger partial charge in [-0.1, -0.05) is 214 Å². The van der Waals surface area contributed by atoms with Gasteiger partial charge in [0.05, 0.1) is 56.3 Å². The van der Waals surface area contributed by atoms with Crippen molar-refractivity contribution in [3.63, 3.8) is 0 Å². The van der Waals surface area contributed by atoms with Crippen molar-refractivity contribution in [3.8, 4) is 22.7 Å². The summed E-state index contributed by atoms with van der Waals surface area (Å²) in [6.07, 6.45) is 14.5. The molecule has 0 fully saturated rings. The van der Waals surface area contributed by atoms with Crippen LogP contribution in [0, 0.1) is 62.6 Å². The number of amides is 1. The van der Waals surface area contributed by atoms with Crippen LogP contribution in [0.4, 0.5) is 26.3 Å². The molecule has 5 heterocycles. The van der Waals surface area contributed by atoms with Crippen molar-refractivity contribution >= 4 is 117 Å². The normalized spacial score (nSPS) is 17.3. The first kappa shape index (κ1) is 107. The van der Waals surface area contributed by atoms with Gasteiger partial charge in [0, 0.05) is 117 Å². The van der Waals surface area contributed by atoms with Gasteiger partial charge in [-0.3, -0.25) is 33.0 Å². The highest BCUT2D eigenvalue weighted by atomic mass is 35.5. The van der Waals surface area contributed by atoms with E-state index in [9.17, 15) is 22.4 Å². The number of rotatable bonds is 26. The number of carbonyl (C=O) groups excluding carboxylic acids is 1. The topological polar surface area (TPSA) is 178 Å². The molecule has 5 N–H and O–H groups in total. The third-order valence-electron chi connectivity index (χ3n) is 28.5. The number of fused-ring (bicyclic) bond motifs is 4. The highest BCUT2D eigenvalue weighted by Gasteiger charge is 2.45. The Morgan fingerprint density at radius 2 is 0.701 bits per heavy atom.